The highest BCUT2D eigenvalue weighted by Crippen LogP contribution is 2.34. The third-order valence-electron chi connectivity index (χ3n) is 5.42. The van der Waals surface area contributed by atoms with E-state index in [0.29, 0.717) is 29.5 Å². The molecule has 154 valence electrons. The summed E-state index contributed by atoms with van der Waals surface area (Å²) >= 11 is 0. The summed E-state index contributed by atoms with van der Waals surface area (Å²) < 4.78 is 5.43. The van der Waals surface area contributed by atoms with Crippen LogP contribution in [0, 0.1) is 19.8 Å². The topological polar surface area (TPSA) is 76.1 Å². The SMILES string of the molecule is COc1ccccc1Nc1nc2c(c(Nc3c(C)cccc3C)n1)C(=O)CC(C)C2. The molecule has 2 aromatic carbocycles. The summed E-state index contributed by atoms with van der Waals surface area (Å²) in [6, 6.07) is 13.7. The number of carbonyl (C=O) groups is 1. The maximum absolute atomic E-state index is 12.9. The Bertz CT molecular complexity index is 1090. The van der Waals surface area contributed by atoms with E-state index in [1.807, 2.05) is 56.3 Å². The van der Waals surface area contributed by atoms with Crippen molar-refractivity contribution in [2.45, 2.75) is 33.6 Å². The Morgan fingerprint density at radius 3 is 2.43 bits per heavy atom. The second kappa shape index (κ2) is 8.14. The molecule has 1 aliphatic carbocycles. The Balaban J connectivity index is 1.80. The van der Waals surface area contributed by atoms with Crippen molar-refractivity contribution in [3.05, 3.63) is 64.8 Å². The molecule has 0 aliphatic heterocycles. The van der Waals surface area contributed by atoms with Gasteiger partial charge in [-0.25, -0.2) is 4.98 Å². The van der Waals surface area contributed by atoms with Gasteiger partial charge in [-0.2, -0.15) is 4.98 Å². The first kappa shape index (κ1) is 19.9. The van der Waals surface area contributed by atoms with Crippen molar-refractivity contribution in [2.75, 3.05) is 17.7 Å². The number of aryl methyl sites for hydroxylation is 2. The monoisotopic (exact) mass is 402 g/mol. The number of fused-ring (bicyclic) bond motifs is 1. The van der Waals surface area contributed by atoms with Crippen molar-refractivity contribution >= 4 is 28.9 Å². The average Bonchev–Trinajstić information content (AvgIpc) is 2.70. The molecule has 1 aliphatic rings. The molecule has 6 heteroatoms. The lowest BCUT2D eigenvalue weighted by molar-refractivity contribution is 0.0952. The maximum Gasteiger partial charge on any atom is 0.229 e. The highest BCUT2D eigenvalue weighted by Gasteiger charge is 2.29. The predicted octanol–water partition coefficient (Wildman–Crippen LogP) is 5.35. The van der Waals surface area contributed by atoms with Gasteiger partial charge in [0.1, 0.15) is 11.6 Å². The van der Waals surface area contributed by atoms with Crippen molar-refractivity contribution in [1.29, 1.82) is 0 Å². The quantitative estimate of drug-likeness (QED) is 0.599. The van der Waals surface area contributed by atoms with Gasteiger partial charge in [-0.3, -0.25) is 4.79 Å². The van der Waals surface area contributed by atoms with Crippen LogP contribution >= 0.6 is 0 Å². The van der Waals surface area contributed by atoms with E-state index in [1.165, 1.54) is 0 Å². The first-order valence-corrected chi connectivity index (χ1v) is 10.1. The standard InChI is InChI=1S/C24H26N4O2/c1-14-12-18-21(19(29)13-14)23(27-22-15(2)8-7-9-16(22)3)28-24(26-18)25-17-10-5-6-11-20(17)30-4/h5-11,14H,12-13H2,1-4H3,(H2,25,26,27,28). The zero-order valence-electron chi connectivity index (χ0n) is 17.7. The van der Waals surface area contributed by atoms with E-state index < -0.39 is 0 Å². The van der Waals surface area contributed by atoms with Crippen molar-refractivity contribution in [3.8, 4) is 5.75 Å². The molecule has 30 heavy (non-hydrogen) atoms. The van der Waals surface area contributed by atoms with Crippen molar-refractivity contribution in [2.24, 2.45) is 5.92 Å². The molecule has 4 rings (SSSR count). The number of aromatic nitrogens is 2. The summed E-state index contributed by atoms with van der Waals surface area (Å²) in [5.41, 5.74) is 5.30. The molecule has 0 saturated heterocycles. The molecule has 0 spiro atoms. The number of ketones is 1. The molecule has 1 unspecified atom stereocenters. The number of para-hydroxylation sites is 3. The van der Waals surface area contributed by atoms with Crippen LogP contribution in [0.1, 0.15) is 40.5 Å². The Hall–Kier alpha value is -3.41. The number of ether oxygens (including phenoxy) is 1. The van der Waals surface area contributed by atoms with E-state index in [9.17, 15) is 4.79 Å². The van der Waals surface area contributed by atoms with Crippen LogP contribution in [0.25, 0.3) is 0 Å². The third-order valence-corrected chi connectivity index (χ3v) is 5.42. The fraction of sp³-hybridized carbons (Fsp3) is 0.292. The van der Waals surface area contributed by atoms with E-state index in [1.54, 1.807) is 7.11 Å². The number of benzene rings is 2. The minimum absolute atomic E-state index is 0.0846. The molecule has 3 aromatic rings. The lowest BCUT2D eigenvalue weighted by atomic mass is 9.87. The fourth-order valence-corrected chi connectivity index (χ4v) is 3.91. The molecule has 6 nitrogen and oxygen atoms in total. The van der Waals surface area contributed by atoms with Crippen LogP contribution in [0.15, 0.2) is 42.5 Å². The smallest absolute Gasteiger partial charge is 0.229 e. The third kappa shape index (κ3) is 3.85. The minimum atomic E-state index is 0.0846. The van der Waals surface area contributed by atoms with Crippen LogP contribution < -0.4 is 15.4 Å². The number of rotatable bonds is 5. The van der Waals surface area contributed by atoms with Crippen molar-refractivity contribution in [1.82, 2.24) is 9.97 Å². The summed E-state index contributed by atoms with van der Waals surface area (Å²) in [5.74, 6) is 2.03. The molecule has 0 amide bonds. The van der Waals surface area contributed by atoms with Gasteiger partial charge < -0.3 is 15.4 Å². The van der Waals surface area contributed by atoms with Crippen molar-refractivity contribution < 1.29 is 9.53 Å². The number of hydrogen-bond donors (Lipinski definition) is 2. The molecule has 0 saturated carbocycles. The number of anilines is 4. The Labute approximate surface area is 176 Å². The number of hydrogen-bond acceptors (Lipinski definition) is 6. The molecule has 0 radical (unpaired) electrons. The number of nitrogens with one attached hydrogen (secondary N) is 2. The van der Waals surface area contributed by atoms with Crippen molar-refractivity contribution in [3.63, 3.8) is 0 Å². The second-order valence-corrected chi connectivity index (χ2v) is 7.87. The number of carbonyl (C=O) groups excluding carboxylic acids is 1. The van der Waals surface area contributed by atoms with Crippen LogP contribution in [0.4, 0.5) is 23.1 Å². The Kier molecular flexibility index (Phi) is 5.40. The minimum Gasteiger partial charge on any atom is -0.495 e. The molecule has 1 atom stereocenters. The molecule has 1 aromatic heterocycles. The zero-order valence-corrected chi connectivity index (χ0v) is 17.7. The second-order valence-electron chi connectivity index (χ2n) is 7.87. The van der Waals surface area contributed by atoms with Gasteiger partial charge in [0.05, 0.1) is 24.1 Å². The molecule has 0 bridgehead atoms. The van der Waals surface area contributed by atoms with Crippen LogP contribution in [-0.2, 0) is 6.42 Å². The normalized spacial score (nSPS) is 15.5. The van der Waals surface area contributed by atoms with Gasteiger partial charge in [-0.05, 0) is 49.4 Å². The average molecular weight is 402 g/mol. The Morgan fingerprint density at radius 1 is 0.967 bits per heavy atom. The first-order chi connectivity index (χ1) is 14.5. The predicted molar refractivity (Wildman–Crippen MR) is 119 cm³/mol. The molecular weight excluding hydrogens is 376 g/mol. The van der Waals surface area contributed by atoms with Crippen LogP contribution in [0.5, 0.6) is 5.75 Å². The van der Waals surface area contributed by atoms with Gasteiger partial charge >= 0.3 is 0 Å². The van der Waals surface area contributed by atoms with Gasteiger partial charge in [0.2, 0.25) is 5.95 Å². The highest BCUT2D eigenvalue weighted by molar-refractivity contribution is 6.03. The number of nitrogens with zero attached hydrogens (tertiary/aromatic N) is 2. The highest BCUT2D eigenvalue weighted by atomic mass is 16.5. The van der Waals surface area contributed by atoms with Crippen LogP contribution in [0.2, 0.25) is 0 Å². The summed E-state index contributed by atoms with van der Waals surface area (Å²) in [5, 5.41) is 6.69. The van der Waals surface area contributed by atoms with Gasteiger partial charge in [0.15, 0.2) is 5.78 Å². The summed E-state index contributed by atoms with van der Waals surface area (Å²) in [6.07, 6.45) is 1.25. The van der Waals surface area contributed by atoms with Gasteiger partial charge in [0.25, 0.3) is 0 Å². The number of methoxy groups -OCH3 is 1. The van der Waals surface area contributed by atoms with Gasteiger partial charge in [-0.1, -0.05) is 37.3 Å². The molecule has 2 N–H and O–H groups in total. The molecule has 0 fully saturated rings. The molecule has 1 heterocycles. The lowest BCUT2D eigenvalue weighted by Gasteiger charge is -2.24. The zero-order chi connectivity index (χ0) is 21.3. The van der Waals surface area contributed by atoms with Gasteiger partial charge in [0, 0.05) is 12.1 Å². The van der Waals surface area contributed by atoms with E-state index in [-0.39, 0.29) is 11.7 Å². The van der Waals surface area contributed by atoms with E-state index in [4.69, 9.17) is 14.7 Å². The summed E-state index contributed by atoms with van der Waals surface area (Å²) in [6.45, 7) is 6.16. The maximum atomic E-state index is 12.9. The summed E-state index contributed by atoms with van der Waals surface area (Å²) in [4.78, 5) is 22.3. The van der Waals surface area contributed by atoms with Crippen LogP contribution in [-0.4, -0.2) is 22.9 Å². The van der Waals surface area contributed by atoms with Gasteiger partial charge in [-0.15, -0.1) is 0 Å². The molecular formula is C24H26N4O2. The lowest BCUT2D eigenvalue weighted by Crippen LogP contribution is -2.22. The largest absolute Gasteiger partial charge is 0.495 e. The Morgan fingerprint density at radius 2 is 1.70 bits per heavy atom. The van der Waals surface area contributed by atoms with E-state index in [2.05, 4.69) is 17.6 Å². The first-order valence-electron chi connectivity index (χ1n) is 10.1. The fourth-order valence-electron chi connectivity index (χ4n) is 3.91. The summed E-state index contributed by atoms with van der Waals surface area (Å²) in [7, 11) is 1.63. The van der Waals surface area contributed by atoms with E-state index in [0.717, 1.165) is 34.6 Å². The van der Waals surface area contributed by atoms with Crippen LogP contribution in [0.3, 0.4) is 0 Å². The van der Waals surface area contributed by atoms with E-state index >= 15 is 0 Å². The number of Topliss-reactive ketones (excluding diaryl/α,β-unsaturated/α-hetero) is 1.